The van der Waals surface area contributed by atoms with Crippen molar-refractivity contribution in [1.29, 1.82) is 0 Å². The fourth-order valence-electron chi connectivity index (χ4n) is 4.23. The van der Waals surface area contributed by atoms with Gasteiger partial charge in [-0.3, -0.25) is 4.79 Å². The molecule has 4 aromatic rings. The SMILES string of the molecule is COc1ccc(C(=O)Nc2ccc(C(C)(C)COC(=O)c3[nH]c4ccc(C)cc4c3C)cc2)cc1OC. The molecule has 0 saturated heterocycles. The first kappa shape index (κ1) is 25.8. The maximum atomic E-state index is 12.9. The van der Waals surface area contributed by atoms with Gasteiger partial charge in [-0.25, -0.2) is 4.79 Å². The predicted octanol–water partition coefficient (Wildman–Crippen LogP) is 6.19. The first-order chi connectivity index (χ1) is 17.6. The molecule has 0 unspecified atom stereocenters. The fourth-order valence-corrected chi connectivity index (χ4v) is 4.23. The molecular weight excluding hydrogens is 468 g/mol. The second kappa shape index (κ2) is 10.4. The summed E-state index contributed by atoms with van der Waals surface area (Å²) >= 11 is 0. The molecule has 0 spiro atoms. The van der Waals surface area contributed by atoms with Crippen molar-refractivity contribution in [1.82, 2.24) is 4.98 Å². The van der Waals surface area contributed by atoms with E-state index < -0.39 is 5.41 Å². The Bertz CT molecular complexity index is 1450. The summed E-state index contributed by atoms with van der Waals surface area (Å²) < 4.78 is 16.2. The molecule has 0 aliphatic rings. The number of anilines is 1. The molecule has 0 aliphatic heterocycles. The minimum absolute atomic E-state index is 0.205. The third-order valence-corrected chi connectivity index (χ3v) is 6.55. The number of hydrogen-bond acceptors (Lipinski definition) is 5. The third-order valence-electron chi connectivity index (χ3n) is 6.55. The van der Waals surface area contributed by atoms with E-state index in [2.05, 4.69) is 16.4 Å². The summed E-state index contributed by atoms with van der Waals surface area (Å²) in [7, 11) is 3.07. The van der Waals surface area contributed by atoms with Gasteiger partial charge in [0.2, 0.25) is 0 Å². The first-order valence-electron chi connectivity index (χ1n) is 12.0. The lowest BCUT2D eigenvalue weighted by Crippen LogP contribution is -2.26. The highest BCUT2D eigenvalue weighted by molar-refractivity contribution is 6.04. The van der Waals surface area contributed by atoms with Gasteiger partial charge in [0.15, 0.2) is 11.5 Å². The normalized spacial score (nSPS) is 11.3. The largest absolute Gasteiger partial charge is 0.493 e. The molecule has 37 heavy (non-hydrogen) atoms. The number of amides is 1. The Balaban J connectivity index is 1.41. The fraction of sp³-hybridized carbons (Fsp3) is 0.267. The van der Waals surface area contributed by atoms with Crippen LogP contribution in [0.2, 0.25) is 0 Å². The Morgan fingerprint density at radius 2 is 1.59 bits per heavy atom. The molecule has 0 radical (unpaired) electrons. The van der Waals surface area contributed by atoms with E-state index >= 15 is 0 Å². The molecule has 3 aromatic carbocycles. The molecule has 1 amide bonds. The van der Waals surface area contributed by atoms with E-state index in [4.69, 9.17) is 14.2 Å². The van der Waals surface area contributed by atoms with E-state index in [0.29, 0.717) is 28.4 Å². The number of methoxy groups -OCH3 is 2. The summed E-state index contributed by atoms with van der Waals surface area (Å²) in [6, 6.07) is 18.6. The smallest absolute Gasteiger partial charge is 0.355 e. The number of benzene rings is 3. The number of aryl methyl sites for hydroxylation is 2. The molecule has 4 rings (SSSR count). The van der Waals surface area contributed by atoms with Gasteiger partial charge in [-0.1, -0.05) is 37.6 Å². The molecule has 1 heterocycles. The van der Waals surface area contributed by atoms with Crippen molar-refractivity contribution in [2.24, 2.45) is 0 Å². The lowest BCUT2D eigenvalue weighted by molar-refractivity contribution is 0.0420. The topological polar surface area (TPSA) is 89.6 Å². The minimum Gasteiger partial charge on any atom is -0.493 e. The molecule has 1 aromatic heterocycles. The van der Waals surface area contributed by atoms with Crippen LogP contribution in [0.1, 0.15) is 51.4 Å². The van der Waals surface area contributed by atoms with E-state index in [-0.39, 0.29) is 18.5 Å². The molecule has 192 valence electrons. The zero-order valence-corrected chi connectivity index (χ0v) is 22.0. The number of carbonyl (C=O) groups excluding carboxylic acids is 2. The molecule has 7 heteroatoms. The summed E-state index contributed by atoms with van der Waals surface area (Å²) in [5, 5.41) is 3.92. The highest BCUT2D eigenvalue weighted by atomic mass is 16.5. The maximum Gasteiger partial charge on any atom is 0.355 e. The van der Waals surface area contributed by atoms with Crippen LogP contribution in [0.3, 0.4) is 0 Å². The number of esters is 1. The predicted molar refractivity (Wildman–Crippen MR) is 145 cm³/mol. The Labute approximate surface area is 216 Å². The van der Waals surface area contributed by atoms with Crippen molar-refractivity contribution >= 4 is 28.5 Å². The van der Waals surface area contributed by atoms with Gasteiger partial charge in [-0.05, 0) is 67.4 Å². The van der Waals surface area contributed by atoms with Crippen LogP contribution in [0.4, 0.5) is 5.69 Å². The van der Waals surface area contributed by atoms with Gasteiger partial charge >= 0.3 is 5.97 Å². The average molecular weight is 501 g/mol. The highest BCUT2D eigenvalue weighted by Crippen LogP contribution is 2.29. The summed E-state index contributed by atoms with van der Waals surface area (Å²) in [4.78, 5) is 28.8. The Morgan fingerprint density at radius 3 is 2.27 bits per heavy atom. The number of ether oxygens (including phenoxy) is 3. The van der Waals surface area contributed by atoms with E-state index in [1.807, 2.05) is 64.1 Å². The molecule has 7 nitrogen and oxygen atoms in total. The monoisotopic (exact) mass is 500 g/mol. The third kappa shape index (κ3) is 5.45. The van der Waals surface area contributed by atoms with E-state index in [1.165, 1.54) is 7.11 Å². The number of aromatic amines is 1. The van der Waals surface area contributed by atoms with Crippen molar-refractivity contribution in [3.05, 3.63) is 88.6 Å². The van der Waals surface area contributed by atoms with Gasteiger partial charge in [-0.2, -0.15) is 0 Å². The van der Waals surface area contributed by atoms with Crippen LogP contribution in [0, 0.1) is 13.8 Å². The molecule has 0 fully saturated rings. The van der Waals surface area contributed by atoms with Crippen molar-refractivity contribution in [3.63, 3.8) is 0 Å². The highest BCUT2D eigenvalue weighted by Gasteiger charge is 2.25. The number of nitrogens with one attached hydrogen (secondary N) is 2. The van der Waals surface area contributed by atoms with Gasteiger partial charge in [0, 0.05) is 27.6 Å². The molecule has 0 aliphatic carbocycles. The summed E-state index contributed by atoms with van der Waals surface area (Å²) in [5.74, 6) is 0.407. The van der Waals surface area contributed by atoms with Gasteiger partial charge in [0.1, 0.15) is 12.3 Å². The summed E-state index contributed by atoms with van der Waals surface area (Å²) in [5.41, 5.74) is 5.07. The Kier molecular flexibility index (Phi) is 7.25. The zero-order valence-electron chi connectivity index (χ0n) is 22.0. The maximum absolute atomic E-state index is 12.9. The molecule has 0 saturated carbocycles. The van der Waals surface area contributed by atoms with Gasteiger partial charge < -0.3 is 24.5 Å². The molecule has 0 atom stereocenters. The van der Waals surface area contributed by atoms with Crippen molar-refractivity contribution in [3.8, 4) is 11.5 Å². The standard InChI is InChI=1S/C30H32N2O5/c1-18-7-13-24-23(15-18)19(2)27(32-24)29(34)37-17-30(3,4)21-9-11-22(12-10-21)31-28(33)20-8-14-25(35-5)26(16-20)36-6/h7-16,32H,17H2,1-6H3,(H,31,33). The number of hydrogen-bond donors (Lipinski definition) is 2. The number of fused-ring (bicyclic) bond motifs is 1. The second-order valence-corrected chi connectivity index (χ2v) is 9.74. The lowest BCUT2D eigenvalue weighted by Gasteiger charge is -2.25. The van der Waals surface area contributed by atoms with Crippen LogP contribution in [0.15, 0.2) is 60.7 Å². The number of rotatable bonds is 8. The average Bonchev–Trinajstić information content (AvgIpc) is 3.22. The number of aromatic nitrogens is 1. The molecular formula is C30H32N2O5. The van der Waals surface area contributed by atoms with Crippen LogP contribution < -0.4 is 14.8 Å². The van der Waals surface area contributed by atoms with Gasteiger partial charge in [0.25, 0.3) is 5.91 Å². The number of carbonyl (C=O) groups is 2. The van der Waals surface area contributed by atoms with Crippen LogP contribution >= 0.6 is 0 Å². The number of H-pyrrole nitrogens is 1. The zero-order chi connectivity index (χ0) is 26.7. The Hall–Kier alpha value is -4.26. The summed E-state index contributed by atoms with van der Waals surface area (Å²) in [6.07, 6.45) is 0. The van der Waals surface area contributed by atoms with Gasteiger partial charge in [-0.15, -0.1) is 0 Å². The van der Waals surface area contributed by atoms with E-state index in [1.54, 1.807) is 25.3 Å². The second-order valence-electron chi connectivity index (χ2n) is 9.74. The van der Waals surface area contributed by atoms with Crippen molar-refractivity contribution in [2.45, 2.75) is 33.1 Å². The molecule has 2 N–H and O–H groups in total. The van der Waals surface area contributed by atoms with Crippen molar-refractivity contribution in [2.75, 3.05) is 26.1 Å². The van der Waals surface area contributed by atoms with Gasteiger partial charge in [0.05, 0.1) is 14.2 Å². The van der Waals surface area contributed by atoms with Crippen molar-refractivity contribution < 1.29 is 23.8 Å². The first-order valence-corrected chi connectivity index (χ1v) is 12.0. The Morgan fingerprint density at radius 1 is 0.892 bits per heavy atom. The molecule has 0 bridgehead atoms. The van der Waals surface area contributed by atoms with E-state index in [9.17, 15) is 9.59 Å². The quantitative estimate of drug-likeness (QED) is 0.282. The summed E-state index contributed by atoms with van der Waals surface area (Å²) in [6.45, 7) is 8.18. The van der Waals surface area contributed by atoms with Crippen LogP contribution in [-0.4, -0.2) is 37.7 Å². The minimum atomic E-state index is -0.432. The lowest BCUT2D eigenvalue weighted by atomic mass is 9.85. The van der Waals surface area contributed by atoms with Crippen LogP contribution in [0.5, 0.6) is 11.5 Å². The van der Waals surface area contributed by atoms with Crippen LogP contribution in [-0.2, 0) is 10.2 Å². The van der Waals surface area contributed by atoms with E-state index in [0.717, 1.165) is 27.6 Å². The van der Waals surface area contributed by atoms with Crippen LogP contribution in [0.25, 0.3) is 10.9 Å².